The third-order valence-electron chi connectivity index (χ3n) is 16.2. The third kappa shape index (κ3) is 6.79. The maximum Gasteiger partial charge on any atom is 0.405 e. The van der Waals surface area contributed by atoms with E-state index in [1.807, 2.05) is 20.8 Å². The van der Waals surface area contributed by atoms with Crippen LogP contribution in [0.15, 0.2) is 0 Å². The molecule has 1 heterocycles. The van der Waals surface area contributed by atoms with Crippen molar-refractivity contribution in [1.82, 2.24) is 0 Å². The second-order valence-electron chi connectivity index (χ2n) is 22.3. The van der Waals surface area contributed by atoms with Gasteiger partial charge in [0.15, 0.2) is 5.41 Å². The van der Waals surface area contributed by atoms with Crippen LogP contribution in [0.3, 0.4) is 0 Å². The zero-order valence-corrected chi connectivity index (χ0v) is 35.0. The molecule has 0 aromatic carbocycles. The van der Waals surface area contributed by atoms with E-state index in [-0.39, 0.29) is 36.5 Å². The predicted octanol–water partition coefficient (Wildman–Crippen LogP) is 8.81. The van der Waals surface area contributed by atoms with Gasteiger partial charge in [0.1, 0.15) is 23.4 Å². The molecule has 7 aliphatic carbocycles. The molecule has 0 aromatic rings. The van der Waals surface area contributed by atoms with Crippen molar-refractivity contribution in [2.45, 2.75) is 194 Å². The number of rotatable bonds is 12. The van der Waals surface area contributed by atoms with Crippen molar-refractivity contribution in [2.75, 3.05) is 0 Å². The Bertz CT molecular complexity index is 1610. The fourth-order valence-corrected chi connectivity index (χ4v) is 13.9. The summed E-state index contributed by atoms with van der Waals surface area (Å²) in [6.07, 6.45) is 0.618. The monoisotopic (exact) mass is 794 g/mol. The Morgan fingerprint density at radius 3 is 2.11 bits per heavy atom. The zero-order chi connectivity index (χ0) is 41.3. The molecule has 11 atom stereocenters. The molecular weight excluding hydrogens is 729 g/mol. The molecule has 0 spiro atoms. The molecule has 316 valence electrons. The van der Waals surface area contributed by atoms with Gasteiger partial charge in [-0.1, -0.05) is 33.6 Å². The summed E-state index contributed by atoms with van der Waals surface area (Å²) in [5, 5.41) is 11.5. The number of aliphatic hydroxyl groups is 1. The van der Waals surface area contributed by atoms with Gasteiger partial charge in [0.25, 0.3) is 0 Å². The van der Waals surface area contributed by atoms with E-state index < -0.39 is 99.0 Å². The SMILES string of the molecule is CCC(C)(CC(C)(CC(C)(C)C(=O)OC12CC3CC(C)(CC(O)(C3)C1)C2)C(=O)OC1C2CC3C1OC(=O)C3(C(F)(F)F)C2)C(=O)OC(C)(C)C1CCC(C)CC1. The minimum absolute atomic E-state index is 0.0464. The molecule has 8 aliphatic rings. The lowest BCUT2D eigenvalue weighted by molar-refractivity contribution is -0.244. The Kier molecular flexibility index (Phi) is 9.75. The summed E-state index contributed by atoms with van der Waals surface area (Å²) < 4.78 is 67.4. The highest BCUT2D eigenvalue weighted by molar-refractivity contribution is 5.84. The number of alkyl halides is 3. The van der Waals surface area contributed by atoms with E-state index in [1.54, 1.807) is 27.7 Å². The molecule has 0 aromatic heterocycles. The first-order valence-electron chi connectivity index (χ1n) is 21.3. The van der Waals surface area contributed by atoms with Crippen LogP contribution in [-0.4, -0.2) is 64.2 Å². The predicted molar refractivity (Wildman–Crippen MR) is 198 cm³/mol. The zero-order valence-electron chi connectivity index (χ0n) is 35.0. The standard InChI is InChI=1S/C44H65F3O9/c1-10-39(8,34(50)55-37(5,6)28-13-11-25(2)12-14-28)23-40(9,33(49)53-30-27-15-29-31(30)54-35(51)43(29,19-27)44(45,46)47)20-36(3,4)32(48)56-42-18-26-16-38(7,22-42)21-41(52,17-26)24-42/h25-31,52H,10-24H2,1-9H3. The summed E-state index contributed by atoms with van der Waals surface area (Å²) in [7, 11) is 0. The van der Waals surface area contributed by atoms with E-state index in [4.69, 9.17) is 18.9 Å². The Hall–Kier alpha value is -2.37. The van der Waals surface area contributed by atoms with Gasteiger partial charge in [-0.2, -0.15) is 13.2 Å². The molecule has 6 bridgehead atoms. The van der Waals surface area contributed by atoms with E-state index in [2.05, 4.69) is 13.8 Å². The van der Waals surface area contributed by atoms with E-state index in [1.165, 1.54) is 0 Å². The largest absolute Gasteiger partial charge is 0.459 e. The summed E-state index contributed by atoms with van der Waals surface area (Å²) in [5.74, 6) is -3.89. The van der Waals surface area contributed by atoms with Gasteiger partial charge in [-0.05, 0) is 142 Å². The Morgan fingerprint density at radius 1 is 0.857 bits per heavy atom. The quantitative estimate of drug-likeness (QED) is 0.152. The first kappa shape index (κ1) is 41.8. The van der Waals surface area contributed by atoms with Crippen LogP contribution in [0.1, 0.15) is 159 Å². The van der Waals surface area contributed by atoms with Crippen molar-refractivity contribution in [3.63, 3.8) is 0 Å². The van der Waals surface area contributed by atoms with Crippen LogP contribution in [0.4, 0.5) is 13.2 Å². The van der Waals surface area contributed by atoms with Crippen LogP contribution < -0.4 is 0 Å². The maximum atomic E-state index is 14.8. The van der Waals surface area contributed by atoms with Crippen LogP contribution in [0.25, 0.3) is 0 Å². The highest BCUT2D eigenvalue weighted by Gasteiger charge is 2.80. The molecule has 1 saturated heterocycles. The van der Waals surface area contributed by atoms with Crippen LogP contribution in [0.5, 0.6) is 0 Å². The molecule has 1 N–H and O–H groups in total. The molecule has 9 nitrogen and oxygen atoms in total. The van der Waals surface area contributed by atoms with Gasteiger partial charge in [0.2, 0.25) is 0 Å². The molecule has 0 radical (unpaired) electrons. The minimum Gasteiger partial charge on any atom is -0.459 e. The number of fused-ring (bicyclic) bond motifs is 1. The first-order chi connectivity index (χ1) is 25.6. The Labute approximate surface area is 330 Å². The van der Waals surface area contributed by atoms with Crippen molar-refractivity contribution in [3.05, 3.63) is 0 Å². The third-order valence-corrected chi connectivity index (χ3v) is 16.2. The second kappa shape index (κ2) is 13.1. The van der Waals surface area contributed by atoms with Crippen LogP contribution in [-0.2, 0) is 38.1 Å². The van der Waals surface area contributed by atoms with E-state index >= 15 is 0 Å². The van der Waals surface area contributed by atoms with Gasteiger partial charge in [-0.25, -0.2) is 0 Å². The number of hydrogen-bond donors (Lipinski definition) is 1. The molecule has 0 amide bonds. The smallest absolute Gasteiger partial charge is 0.405 e. The summed E-state index contributed by atoms with van der Waals surface area (Å²) in [6.45, 7) is 16.9. The van der Waals surface area contributed by atoms with E-state index in [0.29, 0.717) is 44.4 Å². The Balaban J connectivity index is 1.15. The van der Waals surface area contributed by atoms with Crippen molar-refractivity contribution >= 4 is 23.9 Å². The number of esters is 4. The molecule has 11 unspecified atom stereocenters. The van der Waals surface area contributed by atoms with Crippen molar-refractivity contribution in [1.29, 1.82) is 0 Å². The van der Waals surface area contributed by atoms with Gasteiger partial charge < -0.3 is 24.1 Å². The summed E-state index contributed by atoms with van der Waals surface area (Å²) >= 11 is 0. The average molecular weight is 795 g/mol. The average Bonchev–Trinajstić information content (AvgIpc) is 3.65. The highest BCUT2D eigenvalue weighted by Crippen LogP contribution is 2.68. The van der Waals surface area contributed by atoms with Gasteiger partial charge in [0, 0.05) is 18.3 Å². The van der Waals surface area contributed by atoms with Crippen LogP contribution in [0.2, 0.25) is 0 Å². The molecule has 1 aliphatic heterocycles. The van der Waals surface area contributed by atoms with E-state index in [9.17, 15) is 37.5 Å². The van der Waals surface area contributed by atoms with Crippen molar-refractivity contribution in [2.24, 2.45) is 56.7 Å². The lowest BCUT2D eigenvalue weighted by Gasteiger charge is -2.63. The lowest BCUT2D eigenvalue weighted by Crippen LogP contribution is -2.64. The van der Waals surface area contributed by atoms with Gasteiger partial charge in [-0.15, -0.1) is 0 Å². The maximum absolute atomic E-state index is 14.8. The van der Waals surface area contributed by atoms with Gasteiger partial charge in [-0.3, -0.25) is 19.2 Å². The highest BCUT2D eigenvalue weighted by atomic mass is 19.4. The summed E-state index contributed by atoms with van der Waals surface area (Å²) in [4.78, 5) is 56.4. The number of halogens is 3. The van der Waals surface area contributed by atoms with Crippen LogP contribution in [0, 0.1) is 56.7 Å². The lowest BCUT2D eigenvalue weighted by atomic mass is 9.47. The van der Waals surface area contributed by atoms with Crippen molar-refractivity contribution in [3.8, 4) is 0 Å². The minimum atomic E-state index is -4.79. The normalized spacial score (nSPS) is 42.2. The first-order valence-corrected chi connectivity index (χ1v) is 21.3. The molecular formula is C44H65F3O9. The Morgan fingerprint density at radius 2 is 1.52 bits per heavy atom. The number of hydrogen-bond acceptors (Lipinski definition) is 9. The van der Waals surface area contributed by atoms with Gasteiger partial charge in [0.05, 0.1) is 21.8 Å². The fraction of sp³-hybridized carbons (Fsp3) is 0.909. The number of carbonyl (C=O) groups excluding carboxylic acids is 4. The molecule has 7 saturated carbocycles. The van der Waals surface area contributed by atoms with E-state index in [0.717, 1.165) is 32.1 Å². The molecule has 8 rings (SSSR count). The summed E-state index contributed by atoms with van der Waals surface area (Å²) in [6, 6.07) is 0. The second-order valence-corrected chi connectivity index (χ2v) is 22.3. The fourth-order valence-electron chi connectivity index (χ4n) is 13.9. The molecule has 8 fully saturated rings. The molecule has 56 heavy (non-hydrogen) atoms. The number of carbonyl (C=O) groups is 4. The summed E-state index contributed by atoms with van der Waals surface area (Å²) in [5.41, 5.74) is -9.20. The topological polar surface area (TPSA) is 125 Å². The van der Waals surface area contributed by atoms with Crippen molar-refractivity contribution < 1.29 is 56.4 Å². The number of ether oxygens (including phenoxy) is 4. The van der Waals surface area contributed by atoms with Gasteiger partial charge >= 0.3 is 30.1 Å². The van der Waals surface area contributed by atoms with Crippen LogP contribution >= 0.6 is 0 Å². The molecule has 12 heteroatoms.